The molecular formula is C19H21NO6. The number of amides is 1. The first-order chi connectivity index (χ1) is 12.5. The molecule has 5 heterocycles. The second kappa shape index (κ2) is 4.91. The van der Waals surface area contributed by atoms with Crippen LogP contribution in [-0.2, 0) is 25.5 Å². The molecule has 7 heteroatoms. The van der Waals surface area contributed by atoms with Gasteiger partial charge in [-0.05, 0) is 43.5 Å². The molecule has 26 heavy (non-hydrogen) atoms. The largest absolute Gasteiger partial charge is 0.454 e. The Morgan fingerprint density at radius 3 is 2.73 bits per heavy atom. The van der Waals surface area contributed by atoms with Crippen LogP contribution >= 0.6 is 0 Å². The molecule has 0 aliphatic carbocycles. The average Bonchev–Trinajstić information content (AvgIpc) is 3.17. The van der Waals surface area contributed by atoms with E-state index in [4.69, 9.17) is 23.7 Å². The van der Waals surface area contributed by atoms with Crippen molar-refractivity contribution in [3.05, 3.63) is 23.3 Å². The molecule has 0 N–H and O–H groups in total. The van der Waals surface area contributed by atoms with E-state index >= 15 is 0 Å². The fraction of sp³-hybridized carbons (Fsp3) is 0.632. The van der Waals surface area contributed by atoms with Gasteiger partial charge < -0.3 is 28.6 Å². The minimum absolute atomic E-state index is 0.0130. The van der Waals surface area contributed by atoms with E-state index in [9.17, 15) is 4.79 Å². The molecule has 0 spiro atoms. The van der Waals surface area contributed by atoms with Gasteiger partial charge in [0.05, 0.1) is 6.10 Å². The summed E-state index contributed by atoms with van der Waals surface area (Å²) in [6, 6.07) is 4.09. The summed E-state index contributed by atoms with van der Waals surface area (Å²) in [7, 11) is 0. The SMILES string of the molecule is CC1(C)O[C@H]2[C@H]3O[C@H]3[C@H]3CCN(Cc4cc5c(cc43)OCO5)C(=O)[C@@H]2O1. The lowest BCUT2D eigenvalue weighted by atomic mass is 9.87. The van der Waals surface area contributed by atoms with Crippen LogP contribution in [0.5, 0.6) is 11.5 Å². The van der Waals surface area contributed by atoms with Crippen molar-refractivity contribution in [2.75, 3.05) is 13.3 Å². The molecule has 2 bridgehead atoms. The van der Waals surface area contributed by atoms with Crippen LogP contribution in [0.3, 0.4) is 0 Å². The first kappa shape index (κ1) is 15.2. The molecule has 5 aliphatic heterocycles. The Bertz CT molecular complexity index is 807. The molecule has 0 unspecified atom stereocenters. The maximum absolute atomic E-state index is 13.2. The van der Waals surface area contributed by atoms with Gasteiger partial charge in [-0.1, -0.05) is 0 Å². The van der Waals surface area contributed by atoms with Crippen molar-refractivity contribution in [1.29, 1.82) is 0 Å². The van der Waals surface area contributed by atoms with Crippen LogP contribution in [0.15, 0.2) is 12.1 Å². The summed E-state index contributed by atoms with van der Waals surface area (Å²) in [4.78, 5) is 15.1. The highest BCUT2D eigenvalue weighted by Gasteiger charge is 2.61. The first-order valence-electron chi connectivity index (χ1n) is 9.22. The molecule has 0 aromatic heterocycles. The van der Waals surface area contributed by atoms with E-state index in [0.717, 1.165) is 23.5 Å². The zero-order valence-electron chi connectivity index (χ0n) is 14.8. The second-order valence-corrected chi connectivity index (χ2v) is 8.15. The van der Waals surface area contributed by atoms with Crippen LogP contribution in [0.4, 0.5) is 0 Å². The minimum Gasteiger partial charge on any atom is -0.454 e. The molecular weight excluding hydrogens is 338 g/mol. The molecule has 138 valence electrons. The number of hydrogen-bond donors (Lipinski definition) is 0. The molecule has 1 amide bonds. The number of nitrogens with zero attached hydrogens (tertiary/aromatic N) is 1. The third-order valence-corrected chi connectivity index (χ3v) is 6.07. The number of fused-ring (bicyclic) bond motifs is 10. The summed E-state index contributed by atoms with van der Waals surface area (Å²) in [5.41, 5.74) is 2.31. The standard InChI is InChI=1S/C19H21NO6/c1-19(2)25-16-15-14(24-15)10-3-4-20(18(21)17(16)26-19)7-9-5-12-13(6-11(9)10)23-8-22-12/h5-6,10,14-17H,3-4,7-8H2,1-2H3/t10-,14-,15-,16-,17+/m0/s1. The third kappa shape index (κ3) is 2.08. The smallest absolute Gasteiger partial charge is 0.254 e. The van der Waals surface area contributed by atoms with Crippen molar-refractivity contribution in [2.24, 2.45) is 0 Å². The van der Waals surface area contributed by atoms with Gasteiger partial charge in [0, 0.05) is 19.0 Å². The monoisotopic (exact) mass is 359 g/mol. The fourth-order valence-electron chi connectivity index (χ4n) is 4.87. The number of benzene rings is 1. The van der Waals surface area contributed by atoms with Gasteiger partial charge >= 0.3 is 0 Å². The Kier molecular flexibility index (Phi) is 2.88. The van der Waals surface area contributed by atoms with Gasteiger partial charge in [0.25, 0.3) is 5.91 Å². The maximum atomic E-state index is 13.2. The van der Waals surface area contributed by atoms with Crippen LogP contribution < -0.4 is 9.47 Å². The number of hydrogen-bond acceptors (Lipinski definition) is 6. The molecule has 3 saturated heterocycles. The minimum atomic E-state index is -0.772. The molecule has 5 atom stereocenters. The second-order valence-electron chi connectivity index (χ2n) is 8.15. The summed E-state index contributed by atoms with van der Waals surface area (Å²) < 4.78 is 29.2. The summed E-state index contributed by atoms with van der Waals surface area (Å²) in [5.74, 6) is 0.962. The van der Waals surface area contributed by atoms with E-state index in [2.05, 4.69) is 6.07 Å². The van der Waals surface area contributed by atoms with E-state index in [0.29, 0.717) is 13.1 Å². The van der Waals surface area contributed by atoms with E-state index in [1.54, 1.807) is 0 Å². The summed E-state index contributed by atoms with van der Waals surface area (Å²) in [6.45, 7) is 5.18. The summed E-state index contributed by atoms with van der Waals surface area (Å²) >= 11 is 0. The first-order valence-corrected chi connectivity index (χ1v) is 9.22. The van der Waals surface area contributed by atoms with Crippen molar-refractivity contribution in [3.8, 4) is 11.5 Å². The predicted octanol–water partition coefficient (Wildman–Crippen LogP) is 1.53. The molecule has 1 aromatic carbocycles. The lowest BCUT2D eigenvalue weighted by Crippen LogP contribution is -2.45. The van der Waals surface area contributed by atoms with E-state index < -0.39 is 11.9 Å². The lowest BCUT2D eigenvalue weighted by molar-refractivity contribution is -0.162. The topological polar surface area (TPSA) is 69.8 Å². The maximum Gasteiger partial charge on any atom is 0.254 e. The Hall–Kier alpha value is -1.83. The molecule has 5 aliphatic rings. The van der Waals surface area contributed by atoms with Crippen LogP contribution in [-0.4, -0.2) is 54.3 Å². The highest BCUT2D eigenvalue weighted by atomic mass is 16.8. The Labute approximate surface area is 151 Å². The van der Waals surface area contributed by atoms with Crippen molar-refractivity contribution < 1.29 is 28.5 Å². The Morgan fingerprint density at radius 1 is 1.08 bits per heavy atom. The molecule has 1 aromatic rings. The number of carbonyl (C=O) groups excluding carboxylic acids is 1. The third-order valence-electron chi connectivity index (χ3n) is 6.07. The van der Waals surface area contributed by atoms with Gasteiger partial charge in [0.1, 0.15) is 12.2 Å². The fourth-order valence-corrected chi connectivity index (χ4v) is 4.87. The predicted molar refractivity (Wildman–Crippen MR) is 87.8 cm³/mol. The van der Waals surface area contributed by atoms with Gasteiger partial charge in [-0.25, -0.2) is 0 Å². The van der Waals surface area contributed by atoms with Gasteiger partial charge in [-0.2, -0.15) is 0 Å². The zero-order chi connectivity index (χ0) is 17.6. The van der Waals surface area contributed by atoms with Gasteiger partial charge in [-0.15, -0.1) is 0 Å². The van der Waals surface area contributed by atoms with Crippen LogP contribution in [0.2, 0.25) is 0 Å². The highest BCUT2D eigenvalue weighted by Crippen LogP contribution is 2.50. The van der Waals surface area contributed by atoms with Crippen LogP contribution in [0.1, 0.15) is 37.3 Å². The van der Waals surface area contributed by atoms with Crippen LogP contribution in [0, 0.1) is 0 Å². The Morgan fingerprint density at radius 2 is 1.88 bits per heavy atom. The Balaban J connectivity index is 1.46. The molecule has 0 radical (unpaired) electrons. The normalized spacial score (nSPS) is 38.6. The summed E-state index contributed by atoms with van der Waals surface area (Å²) in [6.07, 6.45) is -0.143. The van der Waals surface area contributed by atoms with Crippen molar-refractivity contribution in [2.45, 2.75) is 62.9 Å². The average molecular weight is 359 g/mol. The lowest BCUT2D eigenvalue weighted by Gasteiger charge is -2.25. The van der Waals surface area contributed by atoms with E-state index in [1.165, 1.54) is 5.56 Å². The van der Waals surface area contributed by atoms with Gasteiger partial charge in [0.2, 0.25) is 6.79 Å². The van der Waals surface area contributed by atoms with Crippen molar-refractivity contribution >= 4 is 5.91 Å². The quantitative estimate of drug-likeness (QED) is 0.655. The van der Waals surface area contributed by atoms with E-state index in [1.807, 2.05) is 24.8 Å². The summed E-state index contributed by atoms with van der Waals surface area (Å²) in [5, 5.41) is 0. The number of carbonyl (C=O) groups is 1. The molecule has 7 nitrogen and oxygen atoms in total. The van der Waals surface area contributed by atoms with Crippen LogP contribution in [0.25, 0.3) is 0 Å². The number of ether oxygens (including phenoxy) is 5. The van der Waals surface area contributed by atoms with E-state index in [-0.39, 0.29) is 36.9 Å². The van der Waals surface area contributed by atoms with Gasteiger partial charge in [0.15, 0.2) is 23.4 Å². The van der Waals surface area contributed by atoms with Crippen molar-refractivity contribution in [1.82, 2.24) is 4.90 Å². The van der Waals surface area contributed by atoms with Crippen molar-refractivity contribution in [3.63, 3.8) is 0 Å². The number of rotatable bonds is 0. The molecule has 6 rings (SSSR count). The molecule has 0 saturated carbocycles. The van der Waals surface area contributed by atoms with Gasteiger partial charge in [-0.3, -0.25) is 4.79 Å². The zero-order valence-corrected chi connectivity index (χ0v) is 14.8. The molecule has 3 fully saturated rings. The highest BCUT2D eigenvalue weighted by molar-refractivity contribution is 5.82. The number of epoxide rings is 1.